The Labute approximate surface area is 234 Å². The molecular formula is C28H25Cl3N2O5. The molecule has 1 saturated heterocycles. The van der Waals surface area contributed by atoms with Crippen molar-refractivity contribution in [3.63, 3.8) is 0 Å². The van der Waals surface area contributed by atoms with Crippen LogP contribution < -0.4 is 0 Å². The molecule has 2 atom stereocenters. The van der Waals surface area contributed by atoms with E-state index in [1.54, 1.807) is 35.2 Å². The zero-order valence-electron chi connectivity index (χ0n) is 20.3. The summed E-state index contributed by atoms with van der Waals surface area (Å²) < 4.78 is 8.38. The zero-order chi connectivity index (χ0) is 27.0. The number of benzene rings is 2. The Hall–Kier alpha value is -2.84. The Kier molecular flexibility index (Phi) is 7.82. The molecule has 0 aliphatic carbocycles. The molecule has 10 heteroatoms. The lowest BCUT2D eigenvalue weighted by Crippen LogP contribution is -2.39. The van der Waals surface area contributed by atoms with Crippen molar-refractivity contribution in [3.05, 3.63) is 86.6 Å². The molecule has 0 saturated carbocycles. The summed E-state index contributed by atoms with van der Waals surface area (Å²) in [7, 11) is 0. The molecule has 1 amide bonds. The van der Waals surface area contributed by atoms with Gasteiger partial charge in [-0.05, 0) is 61.2 Å². The van der Waals surface area contributed by atoms with Gasteiger partial charge in [0.15, 0.2) is 5.78 Å². The van der Waals surface area contributed by atoms with Crippen LogP contribution in [0.5, 0.6) is 0 Å². The van der Waals surface area contributed by atoms with Crippen LogP contribution in [0.2, 0.25) is 15.1 Å². The molecule has 2 aliphatic heterocycles. The molecule has 38 heavy (non-hydrogen) atoms. The van der Waals surface area contributed by atoms with Gasteiger partial charge in [-0.15, -0.1) is 0 Å². The lowest BCUT2D eigenvalue weighted by Gasteiger charge is -2.32. The SMILES string of the molecule is O=C(O)CC1CCN(C(=O)CC2OC(C(=O)c3cccc(Cl)c3Cl)c3cc(Cl)ccc3-n3cccc32)CC1. The first-order valence-corrected chi connectivity index (χ1v) is 13.5. The predicted octanol–water partition coefficient (Wildman–Crippen LogP) is 6.54. The quantitative estimate of drug-likeness (QED) is 0.337. The van der Waals surface area contributed by atoms with Crippen LogP contribution in [-0.4, -0.2) is 45.3 Å². The standard InChI is InChI=1S/C28H25Cl3N2O5/c29-17-6-7-21-19(14-17)28(27(37)18-3-1-4-20(30)26(18)31)38-23(22-5-2-10-33(21)22)15-24(34)32-11-8-16(9-12-32)13-25(35)36/h1-7,10,14,16,23,28H,8-9,11-13,15H2,(H,35,36). The van der Waals surface area contributed by atoms with Gasteiger partial charge in [-0.2, -0.15) is 0 Å². The normalized spacial score (nSPS) is 19.4. The Morgan fingerprint density at radius 3 is 2.47 bits per heavy atom. The number of fused-ring (bicyclic) bond motifs is 3. The number of nitrogens with zero attached hydrogens (tertiary/aromatic N) is 2. The Balaban J connectivity index is 1.46. The van der Waals surface area contributed by atoms with Crippen LogP contribution in [0, 0.1) is 5.92 Å². The Morgan fingerprint density at radius 1 is 0.974 bits per heavy atom. The average Bonchev–Trinajstić information content (AvgIpc) is 3.33. The fourth-order valence-electron chi connectivity index (χ4n) is 5.25. The summed E-state index contributed by atoms with van der Waals surface area (Å²) in [4.78, 5) is 40.1. The number of hydrogen-bond acceptors (Lipinski definition) is 4. The minimum Gasteiger partial charge on any atom is -0.481 e. The van der Waals surface area contributed by atoms with Crippen LogP contribution in [0.4, 0.5) is 0 Å². The number of hydrogen-bond donors (Lipinski definition) is 1. The molecule has 3 heterocycles. The molecule has 2 unspecified atom stereocenters. The van der Waals surface area contributed by atoms with Gasteiger partial charge in [-0.1, -0.05) is 40.9 Å². The lowest BCUT2D eigenvalue weighted by atomic mass is 9.93. The lowest BCUT2D eigenvalue weighted by molar-refractivity contribution is -0.139. The number of rotatable bonds is 6. The number of ether oxygens (including phenoxy) is 1. The fourth-order valence-corrected chi connectivity index (χ4v) is 5.82. The Bertz CT molecular complexity index is 1400. The molecule has 0 spiro atoms. The number of carbonyl (C=O) groups excluding carboxylic acids is 2. The van der Waals surface area contributed by atoms with E-state index in [2.05, 4.69) is 0 Å². The second kappa shape index (κ2) is 11.1. The molecule has 0 bridgehead atoms. The highest BCUT2D eigenvalue weighted by atomic mass is 35.5. The molecule has 1 aromatic heterocycles. The number of halogens is 3. The highest BCUT2D eigenvalue weighted by Gasteiger charge is 2.37. The average molecular weight is 576 g/mol. The van der Waals surface area contributed by atoms with Gasteiger partial charge in [0.1, 0.15) is 12.2 Å². The van der Waals surface area contributed by atoms with E-state index >= 15 is 0 Å². The maximum atomic E-state index is 13.9. The van der Waals surface area contributed by atoms with Gasteiger partial charge >= 0.3 is 5.97 Å². The molecule has 0 radical (unpaired) electrons. The molecule has 5 rings (SSSR count). The number of carboxylic acid groups (broad SMARTS) is 1. The van der Waals surface area contributed by atoms with Crippen LogP contribution >= 0.6 is 34.8 Å². The minimum absolute atomic E-state index is 0.0163. The van der Waals surface area contributed by atoms with Gasteiger partial charge in [0.25, 0.3) is 0 Å². The Morgan fingerprint density at radius 2 is 1.74 bits per heavy atom. The molecule has 2 aromatic carbocycles. The summed E-state index contributed by atoms with van der Waals surface area (Å²) in [6, 6.07) is 13.8. The van der Waals surface area contributed by atoms with Crippen LogP contribution in [0.3, 0.4) is 0 Å². The van der Waals surface area contributed by atoms with Crippen molar-refractivity contribution in [2.75, 3.05) is 13.1 Å². The summed E-state index contributed by atoms with van der Waals surface area (Å²) in [5, 5.41) is 9.90. The molecule has 3 aromatic rings. The van der Waals surface area contributed by atoms with E-state index in [4.69, 9.17) is 44.6 Å². The van der Waals surface area contributed by atoms with Crippen molar-refractivity contribution in [3.8, 4) is 5.69 Å². The van der Waals surface area contributed by atoms with E-state index < -0.39 is 24.0 Å². The third kappa shape index (κ3) is 5.34. The van der Waals surface area contributed by atoms with Crippen LogP contribution in [0.1, 0.15) is 59.5 Å². The molecule has 7 nitrogen and oxygen atoms in total. The van der Waals surface area contributed by atoms with E-state index in [0.29, 0.717) is 36.5 Å². The maximum absolute atomic E-state index is 13.9. The number of ketones is 1. The molecule has 2 aliphatic rings. The van der Waals surface area contributed by atoms with Crippen molar-refractivity contribution in [1.82, 2.24) is 9.47 Å². The van der Waals surface area contributed by atoms with E-state index in [0.717, 1.165) is 11.4 Å². The molecule has 198 valence electrons. The highest BCUT2D eigenvalue weighted by Crippen LogP contribution is 2.42. The largest absolute Gasteiger partial charge is 0.481 e. The van der Waals surface area contributed by atoms with E-state index in [9.17, 15) is 14.4 Å². The van der Waals surface area contributed by atoms with Crippen molar-refractivity contribution in [1.29, 1.82) is 0 Å². The fraction of sp³-hybridized carbons (Fsp3) is 0.321. The van der Waals surface area contributed by atoms with Gasteiger partial charge in [-0.3, -0.25) is 14.4 Å². The van der Waals surface area contributed by atoms with Crippen molar-refractivity contribution >= 4 is 52.5 Å². The number of aromatic nitrogens is 1. The number of aliphatic carboxylic acids is 1. The third-order valence-electron chi connectivity index (χ3n) is 7.19. The summed E-state index contributed by atoms with van der Waals surface area (Å²) in [5.41, 5.74) is 2.22. The van der Waals surface area contributed by atoms with Crippen molar-refractivity contribution in [2.24, 2.45) is 5.92 Å². The predicted molar refractivity (Wildman–Crippen MR) is 144 cm³/mol. The summed E-state index contributed by atoms with van der Waals surface area (Å²) >= 11 is 18.9. The number of amides is 1. The van der Waals surface area contributed by atoms with Gasteiger partial charge in [-0.25, -0.2) is 0 Å². The van der Waals surface area contributed by atoms with Crippen LogP contribution in [-0.2, 0) is 14.3 Å². The van der Waals surface area contributed by atoms with Gasteiger partial charge in [0, 0.05) is 41.9 Å². The number of piperidine rings is 1. The maximum Gasteiger partial charge on any atom is 0.303 e. The van der Waals surface area contributed by atoms with Crippen molar-refractivity contribution < 1.29 is 24.2 Å². The monoisotopic (exact) mass is 574 g/mol. The third-order valence-corrected chi connectivity index (χ3v) is 8.24. The first-order valence-electron chi connectivity index (χ1n) is 12.3. The van der Waals surface area contributed by atoms with Crippen LogP contribution in [0.25, 0.3) is 5.69 Å². The summed E-state index contributed by atoms with van der Waals surface area (Å²) in [6.07, 6.45) is 1.45. The highest BCUT2D eigenvalue weighted by molar-refractivity contribution is 6.44. The minimum atomic E-state index is -1.08. The number of carboxylic acids is 1. The zero-order valence-corrected chi connectivity index (χ0v) is 22.5. The van der Waals surface area contributed by atoms with E-state index in [1.807, 2.05) is 29.0 Å². The second-order valence-corrected chi connectivity index (χ2v) is 10.8. The number of Topliss-reactive ketones (excluding diaryl/α,β-unsaturated/α-hetero) is 1. The van der Waals surface area contributed by atoms with E-state index in [1.165, 1.54) is 0 Å². The van der Waals surface area contributed by atoms with Gasteiger partial charge < -0.3 is 19.3 Å². The van der Waals surface area contributed by atoms with Gasteiger partial charge in [0.2, 0.25) is 5.91 Å². The van der Waals surface area contributed by atoms with E-state index in [-0.39, 0.29) is 40.3 Å². The molecular weight excluding hydrogens is 551 g/mol. The first kappa shape index (κ1) is 26.8. The number of likely N-dealkylation sites (tertiary alicyclic amines) is 1. The van der Waals surface area contributed by atoms with Gasteiger partial charge in [0.05, 0.1) is 27.8 Å². The first-order chi connectivity index (χ1) is 18.2. The summed E-state index contributed by atoms with van der Waals surface area (Å²) in [6.45, 7) is 0.974. The molecule has 1 N–H and O–H groups in total. The summed E-state index contributed by atoms with van der Waals surface area (Å²) in [5.74, 6) is -1.27. The van der Waals surface area contributed by atoms with Crippen molar-refractivity contribution in [2.45, 2.75) is 37.9 Å². The second-order valence-electron chi connectivity index (χ2n) is 9.60. The van der Waals surface area contributed by atoms with Crippen LogP contribution in [0.15, 0.2) is 54.7 Å². The topological polar surface area (TPSA) is 88.8 Å². The smallest absolute Gasteiger partial charge is 0.303 e. The number of carbonyl (C=O) groups is 3. The molecule has 1 fully saturated rings.